The first-order chi connectivity index (χ1) is 19.4. The van der Waals surface area contributed by atoms with Crippen LogP contribution in [0.4, 0.5) is 10.5 Å². The Kier molecular flexibility index (Phi) is 10.4. The van der Waals surface area contributed by atoms with E-state index in [1.165, 1.54) is 0 Å². The molecule has 0 radical (unpaired) electrons. The van der Waals surface area contributed by atoms with E-state index < -0.39 is 0 Å². The molecule has 1 N–H and O–H groups in total. The fourth-order valence-electron chi connectivity index (χ4n) is 4.78. The van der Waals surface area contributed by atoms with Crippen molar-refractivity contribution in [1.29, 1.82) is 0 Å². The van der Waals surface area contributed by atoms with E-state index in [0.717, 1.165) is 40.1 Å². The van der Waals surface area contributed by atoms with E-state index in [1.807, 2.05) is 72.7 Å². The molecule has 0 saturated carbocycles. The summed E-state index contributed by atoms with van der Waals surface area (Å²) >= 11 is 1.61. The first kappa shape index (κ1) is 29.4. The Morgan fingerprint density at radius 3 is 2.58 bits per heavy atom. The fraction of sp³-hybridized carbons (Fsp3) is 0.419. The van der Waals surface area contributed by atoms with Crippen LogP contribution in [0.5, 0.6) is 11.5 Å². The van der Waals surface area contributed by atoms with Crippen molar-refractivity contribution < 1.29 is 23.8 Å². The number of ether oxygens (including phenoxy) is 3. The second-order valence-corrected chi connectivity index (χ2v) is 11.1. The SMILES string of the molecule is COc1ccc(CCN(Cc2cccs2)C(=O)CN(CC2CCCO2)C(=O)Nc2cccc(C)c2C)cc1OC. The predicted molar refractivity (Wildman–Crippen MR) is 158 cm³/mol. The topological polar surface area (TPSA) is 80.3 Å². The van der Waals surface area contributed by atoms with Crippen LogP contribution < -0.4 is 14.8 Å². The van der Waals surface area contributed by atoms with Crippen LogP contribution in [0, 0.1) is 13.8 Å². The molecule has 4 rings (SSSR count). The van der Waals surface area contributed by atoms with E-state index in [4.69, 9.17) is 14.2 Å². The second-order valence-electron chi connectivity index (χ2n) is 10.0. The maximum absolute atomic E-state index is 13.8. The maximum Gasteiger partial charge on any atom is 0.322 e. The monoisotopic (exact) mass is 565 g/mol. The van der Waals surface area contributed by atoms with Crippen LogP contribution >= 0.6 is 11.3 Å². The van der Waals surface area contributed by atoms with Crippen LogP contribution in [0.1, 0.15) is 34.4 Å². The number of aryl methyl sites for hydroxylation is 1. The quantitative estimate of drug-likeness (QED) is 0.306. The van der Waals surface area contributed by atoms with E-state index in [-0.39, 0.29) is 24.6 Å². The Hall–Kier alpha value is -3.56. The van der Waals surface area contributed by atoms with Crippen LogP contribution in [-0.2, 0) is 22.5 Å². The molecule has 214 valence electrons. The summed E-state index contributed by atoms with van der Waals surface area (Å²) in [6.07, 6.45) is 2.40. The number of nitrogens with one attached hydrogen (secondary N) is 1. The molecule has 0 bridgehead atoms. The molecule has 1 aliphatic rings. The van der Waals surface area contributed by atoms with Crippen LogP contribution in [0.25, 0.3) is 0 Å². The van der Waals surface area contributed by atoms with Gasteiger partial charge < -0.3 is 29.3 Å². The van der Waals surface area contributed by atoms with Gasteiger partial charge >= 0.3 is 6.03 Å². The van der Waals surface area contributed by atoms with Gasteiger partial charge in [0.05, 0.1) is 26.9 Å². The van der Waals surface area contributed by atoms with Gasteiger partial charge in [-0.3, -0.25) is 4.79 Å². The molecule has 1 atom stereocenters. The van der Waals surface area contributed by atoms with Gasteiger partial charge in [0.15, 0.2) is 11.5 Å². The van der Waals surface area contributed by atoms with Gasteiger partial charge in [0.2, 0.25) is 5.91 Å². The fourth-order valence-corrected chi connectivity index (χ4v) is 5.50. The number of urea groups is 1. The molecule has 2 aromatic carbocycles. The lowest BCUT2D eigenvalue weighted by Crippen LogP contribution is -2.47. The summed E-state index contributed by atoms with van der Waals surface area (Å²) in [6.45, 7) is 5.99. The first-order valence-corrected chi connectivity index (χ1v) is 14.5. The third kappa shape index (κ3) is 7.76. The van der Waals surface area contributed by atoms with Gasteiger partial charge in [-0.2, -0.15) is 0 Å². The minimum Gasteiger partial charge on any atom is -0.493 e. The minimum atomic E-state index is -0.298. The first-order valence-electron chi connectivity index (χ1n) is 13.6. The van der Waals surface area contributed by atoms with E-state index in [2.05, 4.69) is 5.32 Å². The Morgan fingerprint density at radius 1 is 1.05 bits per heavy atom. The summed E-state index contributed by atoms with van der Waals surface area (Å²) in [5, 5.41) is 5.04. The number of carbonyl (C=O) groups excluding carboxylic acids is 2. The smallest absolute Gasteiger partial charge is 0.322 e. The average molecular weight is 566 g/mol. The number of hydrogen-bond acceptors (Lipinski definition) is 6. The summed E-state index contributed by atoms with van der Waals surface area (Å²) in [7, 11) is 3.22. The van der Waals surface area contributed by atoms with Crippen molar-refractivity contribution in [3.8, 4) is 11.5 Å². The van der Waals surface area contributed by atoms with Gasteiger partial charge in [-0.05, 0) is 79.4 Å². The molecule has 2 heterocycles. The molecule has 1 unspecified atom stereocenters. The van der Waals surface area contributed by atoms with Crippen molar-refractivity contribution in [3.63, 3.8) is 0 Å². The Labute approximate surface area is 240 Å². The highest BCUT2D eigenvalue weighted by molar-refractivity contribution is 7.09. The number of benzene rings is 2. The van der Waals surface area contributed by atoms with Crippen molar-refractivity contribution in [2.75, 3.05) is 45.8 Å². The lowest BCUT2D eigenvalue weighted by Gasteiger charge is -2.29. The summed E-state index contributed by atoms with van der Waals surface area (Å²) in [6, 6.07) is 15.3. The summed E-state index contributed by atoms with van der Waals surface area (Å²) in [4.78, 5) is 31.8. The number of rotatable bonds is 12. The van der Waals surface area contributed by atoms with Gasteiger partial charge in [0.25, 0.3) is 0 Å². The largest absolute Gasteiger partial charge is 0.493 e. The van der Waals surface area contributed by atoms with Gasteiger partial charge in [-0.25, -0.2) is 4.79 Å². The Balaban J connectivity index is 1.50. The Bertz CT molecular complexity index is 1270. The Morgan fingerprint density at radius 2 is 1.88 bits per heavy atom. The zero-order chi connectivity index (χ0) is 28.5. The zero-order valence-corrected chi connectivity index (χ0v) is 24.6. The van der Waals surface area contributed by atoms with Crippen LogP contribution in [0.2, 0.25) is 0 Å². The number of methoxy groups -OCH3 is 2. The number of nitrogens with zero attached hydrogens (tertiary/aromatic N) is 2. The number of anilines is 1. The lowest BCUT2D eigenvalue weighted by molar-refractivity contribution is -0.132. The van der Waals surface area contributed by atoms with E-state index in [0.29, 0.717) is 44.2 Å². The predicted octanol–water partition coefficient (Wildman–Crippen LogP) is 5.67. The third-order valence-corrected chi connectivity index (χ3v) is 8.17. The standard InChI is InChI=1S/C31H39N3O5S/c1-22-8-5-11-27(23(22)2)32-31(36)34(19-25-9-6-16-39-25)21-30(35)33(20-26-10-7-17-40-26)15-14-24-12-13-28(37-3)29(18-24)38-4/h5,7-8,10-13,17-18,25H,6,9,14-16,19-21H2,1-4H3,(H,32,36). The summed E-state index contributed by atoms with van der Waals surface area (Å²) < 4.78 is 16.6. The van der Waals surface area contributed by atoms with Crippen molar-refractivity contribution in [2.24, 2.45) is 0 Å². The summed E-state index contributed by atoms with van der Waals surface area (Å²) in [5.41, 5.74) is 3.88. The summed E-state index contributed by atoms with van der Waals surface area (Å²) in [5.74, 6) is 1.21. The van der Waals surface area contributed by atoms with Gasteiger partial charge in [-0.1, -0.05) is 24.3 Å². The zero-order valence-electron chi connectivity index (χ0n) is 23.8. The number of amides is 3. The molecular formula is C31H39N3O5S. The van der Waals surface area contributed by atoms with Crippen molar-refractivity contribution in [2.45, 2.75) is 45.8 Å². The third-order valence-electron chi connectivity index (χ3n) is 7.31. The number of thiophene rings is 1. The highest BCUT2D eigenvalue weighted by Gasteiger charge is 2.27. The highest BCUT2D eigenvalue weighted by Crippen LogP contribution is 2.28. The van der Waals surface area contributed by atoms with Crippen LogP contribution in [-0.4, -0.2) is 68.3 Å². The molecule has 1 saturated heterocycles. The van der Waals surface area contributed by atoms with Crippen LogP contribution in [0.3, 0.4) is 0 Å². The van der Waals surface area contributed by atoms with Gasteiger partial charge in [0.1, 0.15) is 6.54 Å². The van der Waals surface area contributed by atoms with E-state index >= 15 is 0 Å². The normalized spacial score (nSPS) is 14.6. The molecule has 1 fully saturated rings. The second kappa shape index (κ2) is 14.2. The molecular weight excluding hydrogens is 526 g/mol. The van der Waals surface area contributed by atoms with E-state index in [9.17, 15) is 9.59 Å². The molecule has 0 spiro atoms. The number of carbonyl (C=O) groups is 2. The van der Waals surface area contributed by atoms with Crippen LogP contribution in [0.15, 0.2) is 53.9 Å². The minimum absolute atomic E-state index is 0.0339. The molecule has 8 nitrogen and oxygen atoms in total. The lowest BCUT2D eigenvalue weighted by atomic mass is 10.1. The highest BCUT2D eigenvalue weighted by atomic mass is 32.1. The molecule has 40 heavy (non-hydrogen) atoms. The van der Waals surface area contributed by atoms with Crippen molar-refractivity contribution in [1.82, 2.24) is 9.80 Å². The molecule has 1 aliphatic heterocycles. The molecule has 0 aliphatic carbocycles. The van der Waals surface area contributed by atoms with Gasteiger partial charge in [-0.15, -0.1) is 11.3 Å². The number of hydrogen-bond donors (Lipinski definition) is 1. The van der Waals surface area contributed by atoms with Crippen molar-refractivity contribution >= 4 is 29.0 Å². The van der Waals surface area contributed by atoms with Gasteiger partial charge in [0, 0.05) is 30.3 Å². The molecule has 9 heteroatoms. The van der Waals surface area contributed by atoms with Crippen molar-refractivity contribution in [3.05, 3.63) is 75.5 Å². The molecule has 1 aromatic heterocycles. The molecule has 3 aromatic rings. The van der Waals surface area contributed by atoms with E-state index in [1.54, 1.807) is 30.5 Å². The average Bonchev–Trinajstić information content (AvgIpc) is 3.67. The molecule has 3 amide bonds. The maximum atomic E-state index is 13.8.